The second-order valence-corrected chi connectivity index (χ2v) is 5.76. The van der Waals surface area contributed by atoms with Gasteiger partial charge in [-0.15, -0.1) is 0 Å². The Balaban J connectivity index is 3.01. The highest BCUT2D eigenvalue weighted by molar-refractivity contribution is 5.81. The van der Waals surface area contributed by atoms with E-state index < -0.39 is 0 Å². The average molecular weight is 291 g/mol. The van der Waals surface area contributed by atoms with E-state index in [1.807, 2.05) is 0 Å². The number of nitrogens with zero attached hydrogens (tertiary/aromatic N) is 1. The third kappa shape index (κ3) is 5.76. The minimum atomic E-state index is 0.0480. The number of likely N-dealkylation sites (N-methyl/N-ethyl adjacent to an activating group) is 1. The zero-order chi connectivity index (χ0) is 15.8. The van der Waals surface area contributed by atoms with Gasteiger partial charge in [0, 0.05) is 31.9 Å². The number of hydrogen-bond donors (Lipinski definition) is 2. The van der Waals surface area contributed by atoms with E-state index in [1.54, 1.807) is 7.05 Å². The number of aryl methyl sites for hydroxylation is 1. The first kappa shape index (κ1) is 17.5. The molecule has 0 aliphatic rings. The predicted molar refractivity (Wildman–Crippen MR) is 89.7 cm³/mol. The number of nitrogens with one attached hydrogen (secondary N) is 2. The summed E-state index contributed by atoms with van der Waals surface area (Å²) in [4.78, 5) is 13.9. The molecule has 1 aromatic carbocycles. The highest BCUT2D eigenvalue weighted by atomic mass is 16.1. The van der Waals surface area contributed by atoms with Crippen LogP contribution in [0.4, 0.5) is 5.69 Å². The van der Waals surface area contributed by atoms with Gasteiger partial charge in [-0.25, -0.2) is 0 Å². The smallest absolute Gasteiger partial charge is 0.239 e. The number of rotatable bonds is 8. The first-order valence-corrected chi connectivity index (χ1v) is 7.76. The normalized spacial score (nSPS) is 10.8. The van der Waals surface area contributed by atoms with Crippen LogP contribution >= 0.6 is 0 Å². The van der Waals surface area contributed by atoms with Crippen molar-refractivity contribution in [3.63, 3.8) is 0 Å². The van der Waals surface area contributed by atoms with Crippen molar-refractivity contribution in [2.75, 3.05) is 25.0 Å². The molecule has 4 heteroatoms. The van der Waals surface area contributed by atoms with Gasteiger partial charge in [-0.05, 0) is 25.0 Å². The highest BCUT2D eigenvalue weighted by Gasteiger charge is 2.14. The van der Waals surface area contributed by atoms with Crippen LogP contribution in [0.2, 0.25) is 0 Å². The molecule has 0 aromatic heterocycles. The SMILES string of the molecule is CCCN(CC(=O)NC)c1ccc(C)cc1CNC(C)C. The Hall–Kier alpha value is -1.55. The number of carbonyl (C=O) groups is 1. The molecule has 0 aliphatic carbocycles. The predicted octanol–water partition coefficient (Wildman–Crippen LogP) is 2.46. The van der Waals surface area contributed by atoms with Crippen LogP contribution in [-0.2, 0) is 11.3 Å². The lowest BCUT2D eigenvalue weighted by Crippen LogP contribution is -2.37. The van der Waals surface area contributed by atoms with Gasteiger partial charge >= 0.3 is 0 Å². The van der Waals surface area contributed by atoms with Crippen molar-refractivity contribution < 1.29 is 4.79 Å². The number of hydrogen-bond acceptors (Lipinski definition) is 3. The molecule has 1 amide bonds. The van der Waals surface area contributed by atoms with Gasteiger partial charge in [0.1, 0.15) is 0 Å². The molecule has 1 aromatic rings. The van der Waals surface area contributed by atoms with Crippen LogP contribution in [0.25, 0.3) is 0 Å². The maximum absolute atomic E-state index is 11.7. The fourth-order valence-corrected chi connectivity index (χ4v) is 2.29. The largest absolute Gasteiger partial charge is 0.362 e. The van der Waals surface area contributed by atoms with Crippen LogP contribution in [0.1, 0.15) is 38.3 Å². The van der Waals surface area contributed by atoms with Crippen molar-refractivity contribution in [3.8, 4) is 0 Å². The fourth-order valence-electron chi connectivity index (χ4n) is 2.29. The van der Waals surface area contributed by atoms with Crippen LogP contribution in [-0.4, -0.2) is 32.1 Å². The first-order valence-electron chi connectivity index (χ1n) is 7.76. The summed E-state index contributed by atoms with van der Waals surface area (Å²) in [5.41, 5.74) is 3.65. The lowest BCUT2D eigenvalue weighted by atomic mass is 10.1. The van der Waals surface area contributed by atoms with Gasteiger partial charge in [-0.3, -0.25) is 4.79 Å². The van der Waals surface area contributed by atoms with Gasteiger partial charge in [0.15, 0.2) is 0 Å². The molecule has 1 rings (SSSR count). The van der Waals surface area contributed by atoms with Crippen molar-refractivity contribution in [2.24, 2.45) is 0 Å². The van der Waals surface area contributed by atoms with Crippen molar-refractivity contribution >= 4 is 11.6 Å². The minimum absolute atomic E-state index is 0.0480. The summed E-state index contributed by atoms with van der Waals surface area (Å²) in [7, 11) is 1.68. The van der Waals surface area contributed by atoms with E-state index in [0.29, 0.717) is 12.6 Å². The summed E-state index contributed by atoms with van der Waals surface area (Å²) < 4.78 is 0. The zero-order valence-electron chi connectivity index (χ0n) is 14.0. The quantitative estimate of drug-likeness (QED) is 0.773. The summed E-state index contributed by atoms with van der Waals surface area (Å²) in [6, 6.07) is 6.89. The molecular formula is C17H29N3O. The van der Waals surface area contributed by atoms with Crippen molar-refractivity contribution in [1.82, 2.24) is 10.6 Å². The molecule has 0 saturated heterocycles. The zero-order valence-corrected chi connectivity index (χ0v) is 14.0. The van der Waals surface area contributed by atoms with Crippen LogP contribution in [0, 0.1) is 6.92 Å². The van der Waals surface area contributed by atoms with Crippen LogP contribution in [0.3, 0.4) is 0 Å². The van der Waals surface area contributed by atoms with E-state index >= 15 is 0 Å². The monoisotopic (exact) mass is 291 g/mol. The number of amides is 1. The molecule has 0 spiro atoms. The topological polar surface area (TPSA) is 44.4 Å². The first-order chi connectivity index (χ1) is 9.97. The number of anilines is 1. The lowest BCUT2D eigenvalue weighted by Gasteiger charge is -2.27. The molecule has 0 bridgehead atoms. The Kier molecular flexibility index (Phi) is 7.23. The van der Waals surface area contributed by atoms with Crippen molar-refractivity contribution in [2.45, 2.75) is 46.7 Å². The maximum Gasteiger partial charge on any atom is 0.239 e. The van der Waals surface area contributed by atoms with Crippen molar-refractivity contribution in [3.05, 3.63) is 29.3 Å². The Labute approximate surface area is 128 Å². The molecule has 0 radical (unpaired) electrons. The van der Waals surface area contributed by atoms with Crippen LogP contribution < -0.4 is 15.5 Å². The molecule has 0 unspecified atom stereocenters. The number of carbonyl (C=O) groups excluding carboxylic acids is 1. The molecule has 0 atom stereocenters. The standard InChI is InChI=1S/C17H29N3O/c1-6-9-20(12-17(21)18-5)16-8-7-14(4)10-15(16)11-19-13(2)3/h7-8,10,13,19H,6,9,11-12H2,1-5H3,(H,18,21). The fraction of sp³-hybridized carbons (Fsp3) is 0.588. The Morgan fingerprint density at radius 1 is 1.33 bits per heavy atom. The van der Waals surface area contributed by atoms with E-state index in [1.165, 1.54) is 11.1 Å². The Bertz CT molecular complexity index is 457. The average Bonchev–Trinajstić information content (AvgIpc) is 2.44. The van der Waals surface area contributed by atoms with Gasteiger partial charge in [0.05, 0.1) is 6.54 Å². The summed E-state index contributed by atoms with van der Waals surface area (Å²) in [5, 5.41) is 6.17. The molecule has 0 aliphatic heterocycles. The molecular weight excluding hydrogens is 262 g/mol. The van der Waals surface area contributed by atoms with Crippen LogP contribution in [0.5, 0.6) is 0 Å². The van der Waals surface area contributed by atoms with E-state index in [2.05, 4.69) is 61.4 Å². The van der Waals surface area contributed by atoms with Crippen LogP contribution in [0.15, 0.2) is 18.2 Å². The molecule has 0 heterocycles. The third-order valence-electron chi connectivity index (χ3n) is 3.38. The Morgan fingerprint density at radius 3 is 2.62 bits per heavy atom. The van der Waals surface area contributed by atoms with Gasteiger partial charge in [0.25, 0.3) is 0 Å². The third-order valence-corrected chi connectivity index (χ3v) is 3.38. The summed E-state index contributed by atoms with van der Waals surface area (Å²) in [6.07, 6.45) is 1.02. The second-order valence-electron chi connectivity index (χ2n) is 5.76. The minimum Gasteiger partial charge on any atom is -0.362 e. The summed E-state index contributed by atoms with van der Waals surface area (Å²) in [6.45, 7) is 10.6. The molecule has 0 saturated carbocycles. The van der Waals surface area contributed by atoms with E-state index in [0.717, 1.165) is 25.2 Å². The van der Waals surface area contributed by atoms with Gasteiger partial charge in [-0.1, -0.05) is 38.5 Å². The molecule has 4 nitrogen and oxygen atoms in total. The van der Waals surface area contributed by atoms with E-state index in [-0.39, 0.29) is 5.91 Å². The summed E-state index contributed by atoms with van der Waals surface area (Å²) in [5.74, 6) is 0.0480. The molecule has 0 fully saturated rings. The maximum atomic E-state index is 11.7. The van der Waals surface area contributed by atoms with Gasteiger partial charge < -0.3 is 15.5 Å². The molecule has 2 N–H and O–H groups in total. The van der Waals surface area contributed by atoms with Crippen molar-refractivity contribution in [1.29, 1.82) is 0 Å². The highest BCUT2D eigenvalue weighted by Crippen LogP contribution is 2.22. The second kappa shape index (κ2) is 8.67. The molecule has 118 valence electrons. The van der Waals surface area contributed by atoms with Gasteiger partial charge in [-0.2, -0.15) is 0 Å². The molecule has 21 heavy (non-hydrogen) atoms. The number of benzene rings is 1. The van der Waals surface area contributed by atoms with Gasteiger partial charge in [0.2, 0.25) is 5.91 Å². The summed E-state index contributed by atoms with van der Waals surface area (Å²) >= 11 is 0. The van der Waals surface area contributed by atoms with E-state index in [9.17, 15) is 4.79 Å². The lowest BCUT2D eigenvalue weighted by molar-refractivity contribution is -0.119. The Morgan fingerprint density at radius 2 is 2.05 bits per heavy atom. The van der Waals surface area contributed by atoms with E-state index in [4.69, 9.17) is 0 Å².